The van der Waals surface area contributed by atoms with Crippen LogP contribution in [0.3, 0.4) is 0 Å². The van der Waals surface area contributed by atoms with Gasteiger partial charge < -0.3 is 4.90 Å². The molecule has 2 aromatic rings. The number of primary sulfonamides is 1. The van der Waals surface area contributed by atoms with E-state index in [0.717, 1.165) is 10.5 Å². The van der Waals surface area contributed by atoms with Gasteiger partial charge in [0.05, 0.1) is 23.4 Å². The van der Waals surface area contributed by atoms with E-state index < -0.39 is 33.4 Å². The number of benzene rings is 2. The Hall–Kier alpha value is -2.75. The highest BCUT2D eigenvalue weighted by Gasteiger charge is 2.47. The summed E-state index contributed by atoms with van der Waals surface area (Å²) < 4.78 is 22.9. The molecule has 1 fully saturated rings. The number of nitrogens with two attached hydrogens (primary N) is 1. The van der Waals surface area contributed by atoms with E-state index in [1.165, 1.54) is 29.2 Å². The minimum Gasteiger partial charge on any atom is -0.325 e. The lowest BCUT2D eigenvalue weighted by Crippen LogP contribution is -2.55. The first-order valence-corrected chi connectivity index (χ1v) is 11.8. The summed E-state index contributed by atoms with van der Waals surface area (Å²) in [5.74, 6) is -1.31. The molecule has 1 aliphatic heterocycles. The summed E-state index contributed by atoms with van der Waals surface area (Å²) in [5, 5.41) is 5.65. The quantitative estimate of drug-likeness (QED) is 0.664. The number of carbonyl (C=O) groups excluding carboxylic acids is 3. The SMILES string of the molecule is CC(C)(C)N(C(=O)Cc1ccc(Cl)cc1)C1CC(=O)N(c2ccc(S(N)(=O)=O)cc2)C1=O. The molecule has 170 valence electrons. The molecule has 3 rings (SSSR count). The lowest BCUT2D eigenvalue weighted by molar-refractivity contribution is -0.143. The molecule has 0 saturated carbocycles. The van der Waals surface area contributed by atoms with Gasteiger partial charge in [-0.25, -0.2) is 18.5 Å². The van der Waals surface area contributed by atoms with Crippen molar-refractivity contribution in [1.82, 2.24) is 4.90 Å². The Balaban J connectivity index is 1.88. The third-order valence-electron chi connectivity index (χ3n) is 5.12. The molecule has 0 radical (unpaired) electrons. The highest BCUT2D eigenvalue weighted by Crippen LogP contribution is 2.30. The predicted molar refractivity (Wildman–Crippen MR) is 120 cm³/mol. The van der Waals surface area contributed by atoms with Crippen LogP contribution in [0.2, 0.25) is 5.02 Å². The Morgan fingerprint density at radius 3 is 2.16 bits per heavy atom. The highest BCUT2D eigenvalue weighted by molar-refractivity contribution is 7.89. The lowest BCUT2D eigenvalue weighted by Gasteiger charge is -2.39. The van der Waals surface area contributed by atoms with E-state index in [0.29, 0.717) is 5.02 Å². The minimum atomic E-state index is -3.91. The van der Waals surface area contributed by atoms with Crippen LogP contribution in [-0.2, 0) is 30.8 Å². The summed E-state index contributed by atoms with van der Waals surface area (Å²) in [6, 6.07) is 11.0. The van der Waals surface area contributed by atoms with Crippen molar-refractivity contribution in [3.05, 3.63) is 59.1 Å². The fourth-order valence-corrected chi connectivity index (χ4v) is 4.39. The fourth-order valence-electron chi connectivity index (χ4n) is 3.75. The van der Waals surface area contributed by atoms with Gasteiger partial charge in [0.1, 0.15) is 6.04 Å². The van der Waals surface area contributed by atoms with Gasteiger partial charge in [0.15, 0.2) is 0 Å². The van der Waals surface area contributed by atoms with Gasteiger partial charge in [-0.2, -0.15) is 0 Å². The fraction of sp³-hybridized carbons (Fsp3) is 0.318. The normalized spacial score (nSPS) is 17.0. The zero-order valence-electron chi connectivity index (χ0n) is 17.9. The third-order valence-corrected chi connectivity index (χ3v) is 6.30. The van der Waals surface area contributed by atoms with Crippen LogP contribution in [0.5, 0.6) is 0 Å². The van der Waals surface area contributed by atoms with Crippen molar-refractivity contribution in [2.24, 2.45) is 5.14 Å². The van der Waals surface area contributed by atoms with Crippen molar-refractivity contribution in [3.8, 4) is 0 Å². The molecule has 0 bridgehead atoms. The van der Waals surface area contributed by atoms with Gasteiger partial charge >= 0.3 is 0 Å². The number of hydrogen-bond donors (Lipinski definition) is 1. The molecule has 1 atom stereocenters. The average Bonchev–Trinajstić information content (AvgIpc) is 2.96. The molecule has 2 N–H and O–H groups in total. The number of carbonyl (C=O) groups is 3. The molecule has 2 aromatic carbocycles. The number of hydrogen-bond acceptors (Lipinski definition) is 5. The molecule has 1 unspecified atom stereocenters. The summed E-state index contributed by atoms with van der Waals surface area (Å²) in [6.45, 7) is 5.40. The zero-order valence-corrected chi connectivity index (χ0v) is 19.5. The molecule has 1 saturated heterocycles. The molecule has 32 heavy (non-hydrogen) atoms. The van der Waals surface area contributed by atoms with Gasteiger partial charge in [0, 0.05) is 10.6 Å². The Morgan fingerprint density at radius 2 is 1.66 bits per heavy atom. The first kappa shape index (κ1) is 23.9. The largest absolute Gasteiger partial charge is 0.325 e. The number of imide groups is 1. The van der Waals surface area contributed by atoms with Crippen molar-refractivity contribution in [2.45, 2.75) is 50.1 Å². The third kappa shape index (κ3) is 5.01. The molecule has 3 amide bonds. The summed E-state index contributed by atoms with van der Waals surface area (Å²) in [5.41, 5.74) is 0.229. The summed E-state index contributed by atoms with van der Waals surface area (Å²) >= 11 is 5.91. The molecule has 0 aliphatic carbocycles. The van der Waals surface area contributed by atoms with Crippen LogP contribution >= 0.6 is 11.6 Å². The second kappa shape index (κ2) is 8.65. The number of amides is 3. The molecule has 10 heteroatoms. The van der Waals surface area contributed by atoms with Gasteiger partial charge in [0.25, 0.3) is 5.91 Å². The van der Waals surface area contributed by atoms with Gasteiger partial charge in [0.2, 0.25) is 21.8 Å². The molecule has 0 aromatic heterocycles. The van der Waals surface area contributed by atoms with Gasteiger partial charge in [-0.05, 0) is 62.7 Å². The number of nitrogens with zero attached hydrogens (tertiary/aromatic N) is 2. The van der Waals surface area contributed by atoms with Crippen LogP contribution in [-0.4, -0.2) is 42.6 Å². The first-order chi connectivity index (χ1) is 14.8. The molecule has 8 nitrogen and oxygen atoms in total. The predicted octanol–water partition coefficient (Wildman–Crippen LogP) is 2.49. The molecule has 0 spiro atoms. The Labute approximate surface area is 192 Å². The van der Waals surface area contributed by atoms with Crippen LogP contribution in [0.15, 0.2) is 53.4 Å². The van der Waals surface area contributed by atoms with E-state index in [4.69, 9.17) is 16.7 Å². The van der Waals surface area contributed by atoms with Gasteiger partial charge in [-0.15, -0.1) is 0 Å². The average molecular weight is 478 g/mol. The lowest BCUT2D eigenvalue weighted by atomic mass is 9.99. The van der Waals surface area contributed by atoms with E-state index in [2.05, 4.69) is 0 Å². The number of halogens is 1. The van der Waals surface area contributed by atoms with Crippen molar-refractivity contribution < 1.29 is 22.8 Å². The van der Waals surface area contributed by atoms with Crippen molar-refractivity contribution >= 4 is 45.0 Å². The summed E-state index contributed by atoms with van der Waals surface area (Å²) in [6.07, 6.45) is -0.116. The maximum atomic E-state index is 13.2. The zero-order chi connectivity index (χ0) is 23.8. The van der Waals surface area contributed by atoms with Crippen LogP contribution < -0.4 is 10.0 Å². The second-order valence-electron chi connectivity index (χ2n) is 8.56. The van der Waals surface area contributed by atoms with E-state index in [1.807, 2.05) is 0 Å². The smallest absolute Gasteiger partial charge is 0.257 e. The molecule has 1 aliphatic rings. The maximum absolute atomic E-state index is 13.2. The van der Waals surface area contributed by atoms with Crippen molar-refractivity contribution in [1.29, 1.82) is 0 Å². The van der Waals surface area contributed by atoms with E-state index in [-0.39, 0.29) is 29.3 Å². The molecular formula is C22H24ClN3O5S. The van der Waals surface area contributed by atoms with Crippen LogP contribution in [0.4, 0.5) is 5.69 Å². The first-order valence-electron chi connectivity index (χ1n) is 9.85. The van der Waals surface area contributed by atoms with Crippen molar-refractivity contribution in [2.75, 3.05) is 4.90 Å². The van der Waals surface area contributed by atoms with E-state index in [9.17, 15) is 22.8 Å². The monoisotopic (exact) mass is 477 g/mol. The summed E-state index contributed by atoms with van der Waals surface area (Å²) in [4.78, 5) is 41.5. The molecular weight excluding hydrogens is 454 g/mol. The minimum absolute atomic E-state index is 0.0511. The molecule has 1 heterocycles. The standard InChI is InChI=1S/C22H24ClN3O5S/c1-22(2,3)26(20(28)12-14-4-6-15(23)7-5-14)18-13-19(27)25(21(18)29)16-8-10-17(11-9-16)32(24,30)31/h4-11,18H,12-13H2,1-3H3,(H2,24,30,31). The maximum Gasteiger partial charge on any atom is 0.257 e. The highest BCUT2D eigenvalue weighted by atomic mass is 35.5. The Kier molecular flexibility index (Phi) is 6.46. The Morgan fingerprint density at radius 1 is 1.09 bits per heavy atom. The van der Waals surface area contributed by atoms with Crippen LogP contribution in [0.1, 0.15) is 32.8 Å². The second-order valence-corrected chi connectivity index (χ2v) is 10.6. The number of rotatable bonds is 5. The van der Waals surface area contributed by atoms with Gasteiger partial charge in [-0.1, -0.05) is 23.7 Å². The van der Waals surface area contributed by atoms with Crippen LogP contribution in [0.25, 0.3) is 0 Å². The topological polar surface area (TPSA) is 118 Å². The Bertz CT molecular complexity index is 1160. The van der Waals surface area contributed by atoms with Gasteiger partial charge in [-0.3, -0.25) is 14.4 Å². The van der Waals surface area contributed by atoms with E-state index in [1.54, 1.807) is 45.0 Å². The van der Waals surface area contributed by atoms with Crippen molar-refractivity contribution in [3.63, 3.8) is 0 Å². The number of sulfonamides is 1. The van der Waals surface area contributed by atoms with E-state index >= 15 is 0 Å². The number of anilines is 1. The summed E-state index contributed by atoms with van der Waals surface area (Å²) in [7, 11) is -3.91. The van der Waals surface area contributed by atoms with Crippen LogP contribution in [0, 0.1) is 0 Å².